The van der Waals surface area contributed by atoms with E-state index in [1.807, 2.05) is 0 Å². The molecule has 18 heavy (non-hydrogen) atoms. The molecule has 0 bridgehead atoms. The second kappa shape index (κ2) is 5.47. The van der Waals surface area contributed by atoms with E-state index in [0.717, 1.165) is 0 Å². The molecule has 1 aromatic carbocycles. The number of nitrogens with two attached hydrogens (primary N) is 1. The lowest BCUT2D eigenvalue weighted by Crippen LogP contribution is -2.59. The first-order valence-corrected chi connectivity index (χ1v) is 6.83. The van der Waals surface area contributed by atoms with Crippen molar-refractivity contribution in [2.75, 3.05) is 6.61 Å². The number of nitrogens with one attached hydrogen (secondary N) is 1. The molecule has 3 N–H and O–H groups in total. The lowest BCUT2D eigenvalue weighted by Gasteiger charge is -2.23. The molecule has 7 heteroatoms. The second-order valence-corrected chi connectivity index (χ2v) is 5.52. The summed E-state index contributed by atoms with van der Waals surface area (Å²) in [5.41, 5.74) is 3.80. The molecule has 6 nitrogen and oxygen atoms in total. The molecule has 1 atom stereocenters. The van der Waals surface area contributed by atoms with Gasteiger partial charge >= 0.3 is 5.97 Å². The summed E-state index contributed by atoms with van der Waals surface area (Å²) in [5, 5.41) is 0. The number of hydrogen-bond donors (Lipinski definition) is 2. The monoisotopic (exact) mass is 272 g/mol. The third-order valence-corrected chi connectivity index (χ3v) is 3.68. The van der Waals surface area contributed by atoms with Crippen LogP contribution in [0.25, 0.3) is 0 Å². The lowest BCUT2D eigenvalue weighted by atomic mass is 10.2. The van der Waals surface area contributed by atoms with Crippen molar-refractivity contribution in [3.8, 4) is 0 Å². The van der Waals surface area contributed by atoms with Gasteiger partial charge in [-0.1, -0.05) is 18.2 Å². The maximum absolute atomic E-state index is 12.0. The molecule has 0 aliphatic heterocycles. The minimum absolute atomic E-state index is 0.0333. The minimum Gasteiger partial charge on any atom is -0.464 e. The van der Waals surface area contributed by atoms with Crippen molar-refractivity contribution in [3.05, 3.63) is 30.3 Å². The van der Waals surface area contributed by atoms with E-state index in [-0.39, 0.29) is 11.5 Å². The Kier molecular flexibility index (Phi) is 4.44. The van der Waals surface area contributed by atoms with Gasteiger partial charge in [0.15, 0.2) is 5.66 Å². The quantitative estimate of drug-likeness (QED) is 0.589. The van der Waals surface area contributed by atoms with Gasteiger partial charge in [0, 0.05) is 0 Å². The van der Waals surface area contributed by atoms with Crippen LogP contribution in [0.1, 0.15) is 13.8 Å². The predicted octanol–water partition coefficient (Wildman–Crippen LogP) is 0.203. The van der Waals surface area contributed by atoms with E-state index in [2.05, 4.69) is 4.72 Å². The van der Waals surface area contributed by atoms with Gasteiger partial charge in [-0.05, 0) is 26.0 Å². The highest BCUT2D eigenvalue weighted by Gasteiger charge is 2.35. The van der Waals surface area contributed by atoms with E-state index < -0.39 is 21.7 Å². The molecule has 100 valence electrons. The molecule has 0 radical (unpaired) electrons. The van der Waals surface area contributed by atoms with Crippen molar-refractivity contribution >= 4 is 16.0 Å². The van der Waals surface area contributed by atoms with Gasteiger partial charge in [0.05, 0.1) is 11.5 Å². The largest absolute Gasteiger partial charge is 0.464 e. The third-order valence-electron chi connectivity index (χ3n) is 2.10. The van der Waals surface area contributed by atoms with Crippen molar-refractivity contribution in [3.63, 3.8) is 0 Å². The van der Waals surface area contributed by atoms with E-state index in [1.165, 1.54) is 19.1 Å². The first-order chi connectivity index (χ1) is 8.29. The van der Waals surface area contributed by atoms with E-state index in [9.17, 15) is 13.2 Å². The van der Waals surface area contributed by atoms with Gasteiger partial charge in [-0.25, -0.2) is 13.2 Å². The third kappa shape index (κ3) is 3.52. The summed E-state index contributed by atoms with van der Waals surface area (Å²) in [6.45, 7) is 2.98. The molecular formula is C11H16N2O4S. The molecule has 0 amide bonds. The van der Waals surface area contributed by atoms with E-state index >= 15 is 0 Å². The summed E-state index contributed by atoms with van der Waals surface area (Å²) >= 11 is 0. The summed E-state index contributed by atoms with van der Waals surface area (Å²) in [6.07, 6.45) is 0. The molecule has 0 aromatic heterocycles. The number of carbonyl (C=O) groups excluding carboxylic acids is 1. The van der Waals surface area contributed by atoms with Gasteiger partial charge in [0.2, 0.25) is 10.0 Å². The Labute approximate surface area is 106 Å². The number of carbonyl (C=O) groups is 1. The summed E-state index contributed by atoms with van der Waals surface area (Å²) in [5.74, 6) is -0.829. The first kappa shape index (κ1) is 14.6. The molecule has 0 aliphatic carbocycles. The van der Waals surface area contributed by atoms with Crippen LogP contribution >= 0.6 is 0 Å². The Balaban J connectivity index is 2.93. The second-order valence-electron chi connectivity index (χ2n) is 3.84. The van der Waals surface area contributed by atoms with E-state index in [0.29, 0.717) is 0 Å². The normalized spacial score (nSPS) is 14.8. The van der Waals surface area contributed by atoms with Crippen LogP contribution in [0.3, 0.4) is 0 Å². The fraction of sp³-hybridized carbons (Fsp3) is 0.364. The molecule has 1 aromatic rings. The van der Waals surface area contributed by atoms with Crippen LogP contribution in [-0.2, 0) is 19.6 Å². The zero-order valence-electron chi connectivity index (χ0n) is 10.2. The Bertz CT molecular complexity index is 511. The lowest BCUT2D eigenvalue weighted by molar-refractivity contribution is -0.149. The maximum Gasteiger partial charge on any atom is 0.341 e. The van der Waals surface area contributed by atoms with Crippen LogP contribution in [0.15, 0.2) is 35.2 Å². The summed E-state index contributed by atoms with van der Waals surface area (Å²) < 4.78 is 30.7. The Morgan fingerprint density at radius 2 is 1.94 bits per heavy atom. The molecule has 1 unspecified atom stereocenters. The van der Waals surface area contributed by atoms with Crippen molar-refractivity contribution in [1.82, 2.24) is 4.72 Å². The Hall–Kier alpha value is -1.44. The van der Waals surface area contributed by atoms with Crippen molar-refractivity contribution < 1.29 is 17.9 Å². The van der Waals surface area contributed by atoms with Gasteiger partial charge in [-0.3, -0.25) is 0 Å². The smallest absolute Gasteiger partial charge is 0.341 e. The minimum atomic E-state index is -3.86. The molecular weight excluding hydrogens is 256 g/mol. The molecule has 0 saturated carbocycles. The summed E-state index contributed by atoms with van der Waals surface area (Å²) in [4.78, 5) is 11.5. The average molecular weight is 272 g/mol. The highest BCUT2D eigenvalue weighted by molar-refractivity contribution is 7.89. The number of hydrogen-bond acceptors (Lipinski definition) is 5. The van der Waals surface area contributed by atoms with Crippen LogP contribution in [0.4, 0.5) is 0 Å². The van der Waals surface area contributed by atoms with Gasteiger partial charge in [-0.2, -0.15) is 4.72 Å². The number of sulfonamides is 1. The number of esters is 1. The van der Waals surface area contributed by atoms with Crippen molar-refractivity contribution in [2.24, 2.45) is 5.73 Å². The van der Waals surface area contributed by atoms with Gasteiger partial charge in [0.1, 0.15) is 0 Å². The molecule has 0 fully saturated rings. The first-order valence-electron chi connectivity index (χ1n) is 5.34. The van der Waals surface area contributed by atoms with Crippen molar-refractivity contribution in [2.45, 2.75) is 24.4 Å². The number of benzene rings is 1. The zero-order valence-corrected chi connectivity index (χ0v) is 11.0. The zero-order chi connectivity index (χ0) is 13.8. The van der Waals surface area contributed by atoms with Crippen LogP contribution in [0.2, 0.25) is 0 Å². The summed E-state index contributed by atoms with van der Waals surface area (Å²) in [7, 11) is -3.86. The van der Waals surface area contributed by atoms with Gasteiger partial charge in [0.25, 0.3) is 0 Å². The van der Waals surface area contributed by atoms with Crippen LogP contribution in [-0.4, -0.2) is 26.7 Å². The average Bonchev–Trinajstić information content (AvgIpc) is 2.29. The Morgan fingerprint density at radius 3 is 2.44 bits per heavy atom. The molecule has 0 heterocycles. The molecule has 1 rings (SSSR count). The SMILES string of the molecule is CCOC(=O)C(C)(N)NS(=O)(=O)c1ccccc1. The van der Waals surface area contributed by atoms with Crippen molar-refractivity contribution in [1.29, 1.82) is 0 Å². The van der Waals surface area contributed by atoms with Crippen LogP contribution < -0.4 is 10.5 Å². The Morgan fingerprint density at radius 1 is 1.39 bits per heavy atom. The molecule has 0 aliphatic rings. The standard InChI is InChI=1S/C11H16N2O4S/c1-3-17-10(14)11(2,12)13-18(15,16)9-7-5-4-6-8-9/h4-8,13H,3,12H2,1-2H3. The number of ether oxygens (including phenoxy) is 1. The van der Waals surface area contributed by atoms with E-state index in [4.69, 9.17) is 10.5 Å². The molecule has 0 spiro atoms. The van der Waals surface area contributed by atoms with Crippen LogP contribution in [0.5, 0.6) is 0 Å². The molecule has 0 saturated heterocycles. The summed E-state index contributed by atoms with van der Waals surface area (Å²) in [6, 6.07) is 7.65. The van der Waals surface area contributed by atoms with E-state index in [1.54, 1.807) is 25.1 Å². The fourth-order valence-corrected chi connectivity index (χ4v) is 2.54. The maximum atomic E-state index is 12.0. The highest BCUT2D eigenvalue weighted by atomic mass is 32.2. The van der Waals surface area contributed by atoms with Crippen LogP contribution in [0, 0.1) is 0 Å². The predicted molar refractivity (Wildman–Crippen MR) is 66.0 cm³/mol. The topological polar surface area (TPSA) is 98.5 Å². The van der Waals surface area contributed by atoms with Gasteiger partial charge < -0.3 is 10.5 Å². The fourth-order valence-electron chi connectivity index (χ4n) is 1.26. The highest BCUT2D eigenvalue weighted by Crippen LogP contribution is 2.10. The van der Waals surface area contributed by atoms with Gasteiger partial charge in [-0.15, -0.1) is 0 Å². The number of rotatable bonds is 5.